The van der Waals surface area contributed by atoms with Crippen LogP contribution in [0.2, 0.25) is 0 Å². The number of rotatable bonds is 4. The van der Waals surface area contributed by atoms with Gasteiger partial charge >= 0.3 is 12.2 Å². The number of carboxylic acid groups (broad SMARTS) is 2. The molecule has 0 aromatic carbocycles. The summed E-state index contributed by atoms with van der Waals surface area (Å²) >= 11 is 0. The van der Waals surface area contributed by atoms with Crippen LogP contribution in [0.3, 0.4) is 0 Å². The third kappa shape index (κ3) is 6.08. The monoisotopic (exact) mass is 285 g/mol. The van der Waals surface area contributed by atoms with Crippen LogP contribution in [-0.2, 0) is 0 Å². The van der Waals surface area contributed by atoms with Gasteiger partial charge in [0.25, 0.3) is 0 Å². The van der Waals surface area contributed by atoms with Crippen LogP contribution in [-0.4, -0.2) is 27.3 Å². The second kappa shape index (κ2) is 6.77. The molecule has 2 amide bonds. The average Bonchev–Trinajstić information content (AvgIpc) is 2.17. The zero-order valence-corrected chi connectivity index (χ0v) is 13.3. The smallest absolute Gasteiger partial charge is 0.421 e. The van der Waals surface area contributed by atoms with E-state index in [4.69, 9.17) is 10.2 Å². The quantitative estimate of drug-likeness (QED) is 0.788. The second-order valence-electron chi connectivity index (χ2n) is 7.18. The van der Waals surface area contributed by atoms with E-state index in [9.17, 15) is 9.59 Å². The maximum Gasteiger partial charge on any atom is 0.421 e. The summed E-state index contributed by atoms with van der Waals surface area (Å²) in [7, 11) is 0. The molecule has 0 atom stereocenters. The summed E-state index contributed by atoms with van der Waals surface area (Å²) in [5.74, 6) is 0.447. The minimum Gasteiger partial charge on any atom is -0.464 e. The van der Waals surface area contributed by atoms with E-state index >= 15 is 0 Å². The first-order valence-electron chi connectivity index (χ1n) is 6.79. The number of allylic oxidation sites excluding steroid dienone is 1. The van der Waals surface area contributed by atoms with Crippen molar-refractivity contribution < 1.29 is 19.8 Å². The van der Waals surface area contributed by atoms with Gasteiger partial charge in [-0.15, -0.1) is 0 Å². The number of hydrogen-bond acceptors (Lipinski definition) is 2. The lowest BCUT2D eigenvalue weighted by Crippen LogP contribution is -2.32. The van der Waals surface area contributed by atoms with Gasteiger partial charge in [0, 0.05) is 6.20 Å². The Kier molecular flexibility index (Phi) is 6.26. The van der Waals surface area contributed by atoms with Crippen molar-refractivity contribution in [1.29, 1.82) is 0 Å². The molecule has 0 aliphatic carbocycles. The highest BCUT2D eigenvalue weighted by Gasteiger charge is 2.33. The highest BCUT2D eigenvalue weighted by molar-refractivity contribution is 5.86. The molecule has 5 heteroatoms. The summed E-state index contributed by atoms with van der Waals surface area (Å²) in [5.41, 5.74) is 0.288. The van der Waals surface area contributed by atoms with E-state index in [-0.39, 0.29) is 15.7 Å². The van der Waals surface area contributed by atoms with E-state index in [0.717, 1.165) is 12.6 Å². The van der Waals surface area contributed by atoms with Gasteiger partial charge in [0.1, 0.15) is 0 Å². The van der Waals surface area contributed by atoms with Crippen molar-refractivity contribution in [3.8, 4) is 0 Å². The molecule has 0 aliphatic heterocycles. The summed E-state index contributed by atoms with van der Waals surface area (Å²) in [5, 5.41) is 17.4. The lowest BCUT2D eigenvalue weighted by molar-refractivity contribution is 0.0936. The fourth-order valence-corrected chi connectivity index (χ4v) is 2.82. The molecule has 0 fully saturated rings. The standard InChI is InChI=1S/C15H27NO4/c1-14(2,3)11(15(4,5)6)9-7-8-10-16(12(17)18)13(19)20/h8,10-11H,7,9H2,1-6H3,(H,17,18)(H,19,20). The molecule has 2 N–H and O–H groups in total. The first-order chi connectivity index (χ1) is 8.87. The Labute approximate surface area is 121 Å². The Morgan fingerprint density at radius 1 is 1.00 bits per heavy atom. The third-order valence-corrected chi connectivity index (χ3v) is 3.38. The van der Waals surface area contributed by atoms with Gasteiger partial charge in [-0.05, 0) is 29.6 Å². The predicted octanol–water partition coefficient (Wildman–Crippen LogP) is 4.65. The van der Waals surface area contributed by atoms with Crippen LogP contribution >= 0.6 is 0 Å². The van der Waals surface area contributed by atoms with Crippen molar-refractivity contribution >= 4 is 12.2 Å². The van der Waals surface area contributed by atoms with E-state index in [1.807, 2.05) is 0 Å². The lowest BCUT2D eigenvalue weighted by Gasteiger charge is -2.41. The van der Waals surface area contributed by atoms with Gasteiger partial charge in [-0.25, -0.2) is 9.59 Å². The molecule has 0 saturated heterocycles. The molecule has 0 radical (unpaired) electrons. The predicted molar refractivity (Wildman–Crippen MR) is 78.7 cm³/mol. The van der Waals surface area contributed by atoms with Crippen molar-refractivity contribution in [2.45, 2.75) is 54.4 Å². The topological polar surface area (TPSA) is 77.8 Å². The van der Waals surface area contributed by atoms with Crippen LogP contribution in [0, 0.1) is 16.7 Å². The summed E-state index contributed by atoms with van der Waals surface area (Å²) in [4.78, 5) is 21.6. The number of imide groups is 1. The van der Waals surface area contributed by atoms with Crippen LogP contribution in [0.15, 0.2) is 12.3 Å². The fourth-order valence-electron chi connectivity index (χ4n) is 2.82. The van der Waals surface area contributed by atoms with Gasteiger partial charge in [-0.3, -0.25) is 0 Å². The molecule has 0 aliphatic rings. The SMILES string of the molecule is CC(C)(C)C(CCC=CN(C(=O)O)C(=O)O)C(C)(C)C. The van der Waals surface area contributed by atoms with Crippen molar-refractivity contribution in [3.05, 3.63) is 12.3 Å². The van der Waals surface area contributed by atoms with Crippen LogP contribution in [0.1, 0.15) is 54.4 Å². The maximum atomic E-state index is 10.7. The largest absolute Gasteiger partial charge is 0.464 e. The molecule has 0 saturated carbocycles. The Morgan fingerprint density at radius 3 is 1.70 bits per heavy atom. The average molecular weight is 285 g/mol. The minimum absolute atomic E-state index is 0.144. The molecule has 0 bridgehead atoms. The molecule has 0 aromatic rings. The van der Waals surface area contributed by atoms with Gasteiger partial charge in [-0.2, -0.15) is 4.90 Å². The van der Waals surface area contributed by atoms with Crippen LogP contribution in [0.5, 0.6) is 0 Å². The van der Waals surface area contributed by atoms with E-state index < -0.39 is 12.2 Å². The maximum absolute atomic E-state index is 10.7. The van der Waals surface area contributed by atoms with Gasteiger partial charge in [0.05, 0.1) is 0 Å². The number of hydrogen-bond donors (Lipinski definition) is 2. The number of nitrogens with zero attached hydrogens (tertiary/aromatic N) is 1. The summed E-state index contributed by atoms with van der Waals surface area (Å²) < 4.78 is 0. The van der Waals surface area contributed by atoms with Crippen molar-refractivity contribution in [2.24, 2.45) is 16.7 Å². The Balaban J connectivity index is 4.68. The molecule has 116 valence electrons. The molecule has 0 aromatic heterocycles. The Hall–Kier alpha value is -1.52. The molecule has 0 rings (SSSR count). The van der Waals surface area contributed by atoms with E-state index in [1.54, 1.807) is 6.08 Å². The first kappa shape index (κ1) is 18.5. The van der Waals surface area contributed by atoms with Crippen molar-refractivity contribution in [1.82, 2.24) is 4.90 Å². The minimum atomic E-state index is -1.49. The lowest BCUT2D eigenvalue weighted by atomic mass is 9.65. The molecule has 0 unspecified atom stereocenters. The summed E-state index contributed by atoms with van der Waals surface area (Å²) in [6, 6.07) is 0. The summed E-state index contributed by atoms with van der Waals surface area (Å²) in [6.45, 7) is 13.1. The van der Waals surface area contributed by atoms with Crippen LogP contribution < -0.4 is 0 Å². The number of carbonyl (C=O) groups is 2. The van der Waals surface area contributed by atoms with E-state index in [0.29, 0.717) is 12.3 Å². The van der Waals surface area contributed by atoms with Crippen molar-refractivity contribution in [3.63, 3.8) is 0 Å². The van der Waals surface area contributed by atoms with Gasteiger partial charge in [0.15, 0.2) is 0 Å². The molecular weight excluding hydrogens is 258 g/mol. The Morgan fingerprint density at radius 2 is 1.40 bits per heavy atom. The zero-order valence-electron chi connectivity index (χ0n) is 13.3. The van der Waals surface area contributed by atoms with Gasteiger partial charge in [-0.1, -0.05) is 47.6 Å². The van der Waals surface area contributed by atoms with Crippen molar-refractivity contribution in [2.75, 3.05) is 0 Å². The van der Waals surface area contributed by atoms with E-state index in [1.165, 1.54) is 0 Å². The molecule has 0 heterocycles. The van der Waals surface area contributed by atoms with Crippen LogP contribution in [0.4, 0.5) is 9.59 Å². The van der Waals surface area contributed by atoms with Gasteiger partial charge in [0.2, 0.25) is 0 Å². The fraction of sp³-hybridized carbons (Fsp3) is 0.733. The summed E-state index contributed by atoms with van der Waals surface area (Å²) in [6.07, 6.45) is 1.26. The molecule has 20 heavy (non-hydrogen) atoms. The van der Waals surface area contributed by atoms with Gasteiger partial charge < -0.3 is 10.2 Å². The zero-order chi connectivity index (χ0) is 16.1. The number of amides is 2. The molecule has 5 nitrogen and oxygen atoms in total. The molecule has 0 spiro atoms. The third-order valence-electron chi connectivity index (χ3n) is 3.38. The highest BCUT2D eigenvalue weighted by atomic mass is 16.4. The van der Waals surface area contributed by atoms with Crippen LogP contribution in [0.25, 0.3) is 0 Å². The normalized spacial score (nSPS) is 12.9. The second-order valence-corrected chi connectivity index (χ2v) is 7.18. The van der Waals surface area contributed by atoms with E-state index in [2.05, 4.69) is 41.5 Å². The highest BCUT2D eigenvalue weighted by Crippen LogP contribution is 2.42. The Bertz CT molecular complexity index is 346. The molecular formula is C15H27NO4. The first-order valence-corrected chi connectivity index (χ1v) is 6.79.